The van der Waals surface area contributed by atoms with Gasteiger partial charge in [-0.1, -0.05) is 29.4 Å². The quantitative estimate of drug-likeness (QED) is 0.172. The zero-order valence-electron chi connectivity index (χ0n) is 22.3. The minimum atomic E-state index is -5.02. The molecule has 2 N–H and O–H groups in total. The van der Waals surface area contributed by atoms with Crippen LogP contribution in [0.2, 0.25) is 5.02 Å². The summed E-state index contributed by atoms with van der Waals surface area (Å²) in [5, 5.41) is 0.373. The Labute approximate surface area is 268 Å². The van der Waals surface area contributed by atoms with Gasteiger partial charge in [-0.05, 0) is 54.3 Å². The van der Waals surface area contributed by atoms with Crippen molar-refractivity contribution >= 4 is 75.5 Å². The summed E-state index contributed by atoms with van der Waals surface area (Å²) in [6.45, 7) is 0. The second-order valence-electron chi connectivity index (χ2n) is 9.71. The Bertz CT molecular complexity index is 1700. The molecule has 2 amide bonds. The predicted octanol–water partition coefficient (Wildman–Crippen LogP) is 8.62. The van der Waals surface area contributed by atoms with Crippen LogP contribution in [0.25, 0.3) is 0 Å². The molecule has 0 aromatic heterocycles. The summed E-state index contributed by atoms with van der Waals surface area (Å²) in [6.07, 6.45) is -5.39. The fourth-order valence-corrected chi connectivity index (χ4v) is 5.77. The van der Waals surface area contributed by atoms with Crippen LogP contribution in [0.1, 0.15) is 33.0 Å². The van der Waals surface area contributed by atoms with Gasteiger partial charge in [0.25, 0.3) is 5.91 Å². The lowest BCUT2D eigenvalue weighted by molar-refractivity contribution is -0.140. The summed E-state index contributed by atoms with van der Waals surface area (Å²) in [5.41, 5.74) is -3.83. The summed E-state index contributed by atoms with van der Waals surface area (Å²) in [5.74, 6) is -10.5. The van der Waals surface area contributed by atoms with Crippen molar-refractivity contribution in [2.75, 3.05) is 16.9 Å². The van der Waals surface area contributed by atoms with Gasteiger partial charge in [0, 0.05) is 23.6 Å². The molecule has 1 saturated carbocycles. The van der Waals surface area contributed by atoms with E-state index in [1.807, 2.05) is 0 Å². The Morgan fingerprint density at radius 1 is 0.911 bits per heavy atom. The van der Waals surface area contributed by atoms with Crippen LogP contribution in [-0.4, -0.2) is 33.4 Å². The number of halogens is 11. The Morgan fingerprint density at radius 2 is 1.56 bits per heavy atom. The Hall–Kier alpha value is -3.07. The van der Waals surface area contributed by atoms with Crippen molar-refractivity contribution < 1.29 is 49.5 Å². The van der Waals surface area contributed by atoms with Gasteiger partial charge < -0.3 is 10.6 Å². The minimum absolute atomic E-state index is 0.0791. The maximum absolute atomic E-state index is 15.0. The number of carbonyl (C=O) groups is 3. The van der Waals surface area contributed by atoms with Crippen LogP contribution in [0.3, 0.4) is 0 Å². The first-order chi connectivity index (χ1) is 20.8. The Morgan fingerprint density at radius 3 is 2.18 bits per heavy atom. The molecule has 0 aliphatic heterocycles. The number of carbonyl (C=O) groups excluding carboxylic acids is 3. The highest BCUT2D eigenvalue weighted by atomic mass is 35.5. The van der Waals surface area contributed by atoms with Gasteiger partial charge in [0.2, 0.25) is 11.7 Å². The van der Waals surface area contributed by atoms with E-state index >= 15 is 4.39 Å². The third-order valence-electron chi connectivity index (χ3n) is 6.82. The highest BCUT2D eigenvalue weighted by Gasteiger charge is 2.67. The topological polar surface area (TPSA) is 75.3 Å². The summed E-state index contributed by atoms with van der Waals surface area (Å²) < 4.78 is 108. The molecule has 45 heavy (non-hydrogen) atoms. The van der Waals surface area contributed by atoms with Crippen LogP contribution in [0.4, 0.5) is 46.5 Å². The maximum Gasteiger partial charge on any atom is 0.419 e. The molecule has 0 unspecified atom stereocenters. The number of amides is 2. The van der Waals surface area contributed by atoms with Gasteiger partial charge in [-0.3, -0.25) is 14.4 Å². The van der Waals surface area contributed by atoms with Gasteiger partial charge in [0.1, 0.15) is 16.0 Å². The number of hydrogen-bond acceptors (Lipinski definition) is 4. The Kier molecular flexibility index (Phi) is 9.75. The van der Waals surface area contributed by atoms with E-state index in [2.05, 4.69) is 10.6 Å². The summed E-state index contributed by atoms with van der Waals surface area (Å²) in [4.78, 5) is 37.8. The van der Waals surface area contributed by atoms with Gasteiger partial charge in [-0.15, -0.1) is 23.2 Å². The molecule has 1 aliphatic carbocycles. The lowest BCUT2D eigenvalue weighted by Gasteiger charge is -2.15. The van der Waals surface area contributed by atoms with E-state index in [0.717, 1.165) is 30.5 Å². The third-order valence-corrected chi connectivity index (χ3v) is 8.83. The maximum atomic E-state index is 15.0. The molecule has 1 aliphatic rings. The van der Waals surface area contributed by atoms with Crippen LogP contribution in [0.5, 0.6) is 0 Å². The number of thioether (sulfide) groups is 1. The van der Waals surface area contributed by atoms with Gasteiger partial charge in [-0.25, -0.2) is 13.2 Å². The molecule has 0 heterocycles. The van der Waals surface area contributed by atoms with Crippen molar-refractivity contribution in [2.45, 2.75) is 28.1 Å². The highest BCUT2D eigenvalue weighted by Crippen LogP contribution is 2.65. The van der Waals surface area contributed by atoms with Gasteiger partial charge >= 0.3 is 11.4 Å². The highest BCUT2D eigenvalue weighted by molar-refractivity contribution is 8.00. The van der Waals surface area contributed by atoms with Gasteiger partial charge in [0.05, 0.1) is 27.8 Å². The minimum Gasteiger partial charge on any atom is -0.326 e. The number of nitrogens with one attached hydrogen (secondary N) is 2. The van der Waals surface area contributed by atoms with E-state index in [9.17, 15) is 45.1 Å². The van der Waals surface area contributed by atoms with Crippen molar-refractivity contribution in [2.24, 2.45) is 5.92 Å². The monoisotopic (exact) mass is 718 g/mol. The molecule has 4 rings (SSSR count). The molecule has 3 aromatic carbocycles. The normalized spacial score (nSPS) is 17.5. The smallest absolute Gasteiger partial charge is 0.326 e. The molecule has 0 saturated heterocycles. The van der Waals surface area contributed by atoms with E-state index in [1.54, 1.807) is 0 Å². The standard InChI is InChI=1S/C28H17Cl3F8N2O3S/c1-45-28(38,39)20(42)10-14-17(32)6-7-19(23(14)34)41-24(43)13-9-12(3-4-16(13)29)40-25(44)22-21(26(22,30)31)11-2-5-18(33)15(8-11)27(35,36)37/h2-9,21-22H,10H2,1H3,(H,40,44)(H,41,43)/t21-,22+/m0/s1. The molecule has 3 aromatic rings. The van der Waals surface area contributed by atoms with Crippen molar-refractivity contribution in [3.63, 3.8) is 0 Å². The largest absolute Gasteiger partial charge is 0.419 e. The fourth-order valence-electron chi connectivity index (χ4n) is 4.44. The summed E-state index contributed by atoms with van der Waals surface area (Å²) in [6, 6.07) is 6.98. The lowest BCUT2D eigenvalue weighted by atomic mass is 10.0. The SMILES string of the molecule is CSC(F)(F)C(=O)Cc1c(F)ccc(NC(=O)c2cc(NC(=O)[C@H]3[C@H](c4ccc(F)c(C(F)(F)F)c4)C3(Cl)Cl)ccc2Cl)c1F. The molecule has 1 fully saturated rings. The van der Waals surface area contributed by atoms with Crippen LogP contribution >= 0.6 is 46.6 Å². The predicted molar refractivity (Wildman–Crippen MR) is 154 cm³/mol. The molecule has 0 bridgehead atoms. The van der Waals surface area contributed by atoms with Crippen molar-refractivity contribution in [3.8, 4) is 0 Å². The molecule has 2 atom stereocenters. The number of Topliss-reactive ketones (excluding diaryl/α,β-unsaturated/α-hetero) is 1. The fraction of sp³-hybridized carbons (Fsp3) is 0.250. The molecule has 5 nitrogen and oxygen atoms in total. The van der Waals surface area contributed by atoms with Crippen molar-refractivity contribution in [1.82, 2.24) is 0 Å². The molecule has 0 radical (unpaired) electrons. The number of ketones is 1. The first-order valence-corrected chi connectivity index (χ1v) is 14.7. The Balaban J connectivity index is 1.53. The van der Waals surface area contributed by atoms with Gasteiger partial charge in [-0.2, -0.15) is 22.0 Å². The lowest BCUT2D eigenvalue weighted by Crippen LogP contribution is -2.27. The zero-order chi connectivity index (χ0) is 33.6. The van der Waals surface area contributed by atoms with E-state index in [-0.39, 0.29) is 33.6 Å². The average molecular weight is 720 g/mol. The first kappa shape index (κ1) is 34.8. The zero-order valence-corrected chi connectivity index (χ0v) is 25.4. The average Bonchev–Trinajstić information content (AvgIpc) is 3.54. The van der Waals surface area contributed by atoms with Crippen LogP contribution in [0.15, 0.2) is 48.5 Å². The summed E-state index contributed by atoms with van der Waals surface area (Å²) >= 11 is 18.4. The number of rotatable bonds is 9. The molecule has 0 spiro atoms. The van der Waals surface area contributed by atoms with Crippen molar-refractivity contribution in [1.29, 1.82) is 0 Å². The van der Waals surface area contributed by atoms with E-state index in [4.69, 9.17) is 34.8 Å². The number of hydrogen-bond donors (Lipinski definition) is 2. The number of alkyl halides is 7. The summed E-state index contributed by atoms with van der Waals surface area (Å²) in [7, 11) is 0. The van der Waals surface area contributed by atoms with E-state index < -0.39 is 85.9 Å². The second-order valence-corrected chi connectivity index (χ2v) is 12.5. The number of anilines is 2. The first-order valence-electron chi connectivity index (χ1n) is 12.4. The molecular formula is C28H17Cl3F8N2O3S. The van der Waals surface area contributed by atoms with Crippen LogP contribution < -0.4 is 10.6 Å². The van der Waals surface area contributed by atoms with Crippen LogP contribution in [0, 0.1) is 23.4 Å². The molecule has 17 heteroatoms. The van der Waals surface area contributed by atoms with Crippen LogP contribution in [-0.2, 0) is 22.2 Å². The van der Waals surface area contributed by atoms with E-state index in [1.165, 1.54) is 6.07 Å². The number of benzene rings is 3. The van der Waals surface area contributed by atoms with Crippen molar-refractivity contribution in [3.05, 3.63) is 93.3 Å². The van der Waals surface area contributed by atoms with Gasteiger partial charge in [0.15, 0.2) is 5.82 Å². The third kappa shape index (κ3) is 7.18. The molecule has 240 valence electrons. The second kappa shape index (κ2) is 12.6. The molecular weight excluding hydrogens is 703 g/mol. The van der Waals surface area contributed by atoms with E-state index in [0.29, 0.717) is 18.2 Å².